The van der Waals surface area contributed by atoms with Crippen molar-refractivity contribution >= 4 is 29.9 Å². The van der Waals surface area contributed by atoms with Crippen LogP contribution in [0.3, 0.4) is 0 Å². The second-order valence-corrected chi connectivity index (χ2v) is 4.23. The molecule has 1 aromatic carbocycles. The maximum Gasteiger partial charge on any atom is 0.191 e. The van der Waals surface area contributed by atoms with Gasteiger partial charge in [0.05, 0.1) is 13.7 Å². The van der Waals surface area contributed by atoms with E-state index in [1.807, 2.05) is 31.2 Å². The lowest BCUT2D eigenvalue weighted by molar-refractivity contribution is 0.223. The molecule has 118 valence electrons. The van der Waals surface area contributed by atoms with Crippen molar-refractivity contribution < 1.29 is 9.47 Å². The molecule has 0 saturated carbocycles. The molecule has 1 aromatic rings. The van der Waals surface area contributed by atoms with Crippen LogP contribution < -0.4 is 20.1 Å². The average Bonchev–Trinajstić information content (AvgIpc) is 2.48. The summed E-state index contributed by atoms with van der Waals surface area (Å²) in [7, 11) is 3.37. The Bertz CT molecular complexity index is 435. The van der Waals surface area contributed by atoms with Crippen LogP contribution in [0, 0.1) is 0 Å². The van der Waals surface area contributed by atoms with Gasteiger partial charge in [-0.15, -0.1) is 30.6 Å². The van der Waals surface area contributed by atoms with Crippen molar-refractivity contribution in [1.82, 2.24) is 10.6 Å². The van der Waals surface area contributed by atoms with Crippen LogP contribution in [-0.4, -0.2) is 39.3 Å². The zero-order valence-corrected chi connectivity index (χ0v) is 15.1. The Morgan fingerprint density at radius 2 is 1.90 bits per heavy atom. The highest BCUT2D eigenvalue weighted by Crippen LogP contribution is 2.17. The van der Waals surface area contributed by atoms with Crippen LogP contribution in [0.4, 0.5) is 0 Å². The van der Waals surface area contributed by atoms with E-state index < -0.39 is 0 Å². The van der Waals surface area contributed by atoms with Crippen LogP contribution in [0.5, 0.6) is 11.5 Å². The molecular formula is C15H24IN3O2. The maximum absolute atomic E-state index is 5.79. The van der Waals surface area contributed by atoms with E-state index in [1.54, 1.807) is 20.2 Å². The van der Waals surface area contributed by atoms with Crippen molar-refractivity contribution in [1.29, 1.82) is 0 Å². The molecule has 0 aliphatic heterocycles. The standard InChI is InChI=1S/C15H23N3O2.HI/c1-5-10-17-15(16-3)18-11-12(2)20-14-8-6-13(19-4)7-9-14;/h5-9,12H,1,10-11H2,2-4H3,(H2,16,17,18);1H. The van der Waals surface area contributed by atoms with Crippen LogP contribution in [-0.2, 0) is 0 Å². The third-order valence-electron chi connectivity index (χ3n) is 2.59. The Balaban J connectivity index is 0.00000400. The highest BCUT2D eigenvalue weighted by Gasteiger charge is 2.05. The number of hydrogen-bond acceptors (Lipinski definition) is 3. The van der Waals surface area contributed by atoms with Gasteiger partial charge in [0, 0.05) is 13.6 Å². The van der Waals surface area contributed by atoms with Gasteiger partial charge in [-0.25, -0.2) is 0 Å². The molecule has 0 aliphatic carbocycles. The van der Waals surface area contributed by atoms with Crippen LogP contribution >= 0.6 is 24.0 Å². The van der Waals surface area contributed by atoms with Crippen LogP contribution in [0.15, 0.2) is 41.9 Å². The lowest BCUT2D eigenvalue weighted by Gasteiger charge is -2.17. The first kappa shape index (κ1) is 19.6. The molecule has 0 aromatic heterocycles. The van der Waals surface area contributed by atoms with E-state index in [2.05, 4.69) is 22.2 Å². The summed E-state index contributed by atoms with van der Waals surface area (Å²) < 4.78 is 10.9. The first-order chi connectivity index (χ1) is 9.69. The molecule has 0 fully saturated rings. The van der Waals surface area contributed by atoms with Crippen LogP contribution in [0.1, 0.15) is 6.92 Å². The lowest BCUT2D eigenvalue weighted by atomic mass is 10.3. The summed E-state index contributed by atoms with van der Waals surface area (Å²) in [6.45, 7) is 6.98. The van der Waals surface area contributed by atoms with Crippen LogP contribution in [0.2, 0.25) is 0 Å². The van der Waals surface area contributed by atoms with Gasteiger partial charge in [0.15, 0.2) is 5.96 Å². The van der Waals surface area contributed by atoms with E-state index >= 15 is 0 Å². The Labute approximate surface area is 143 Å². The lowest BCUT2D eigenvalue weighted by Crippen LogP contribution is -2.41. The summed E-state index contributed by atoms with van der Waals surface area (Å²) in [5.74, 6) is 2.36. The largest absolute Gasteiger partial charge is 0.497 e. The van der Waals surface area contributed by atoms with Crippen molar-refractivity contribution in [2.45, 2.75) is 13.0 Å². The van der Waals surface area contributed by atoms with Gasteiger partial charge in [-0.3, -0.25) is 4.99 Å². The first-order valence-electron chi connectivity index (χ1n) is 6.55. The number of nitrogens with one attached hydrogen (secondary N) is 2. The number of methoxy groups -OCH3 is 1. The Morgan fingerprint density at radius 3 is 2.43 bits per heavy atom. The van der Waals surface area contributed by atoms with Crippen molar-refractivity contribution in [3.05, 3.63) is 36.9 Å². The van der Waals surface area contributed by atoms with Crippen LogP contribution in [0.25, 0.3) is 0 Å². The molecule has 6 heteroatoms. The third kappa shape index (κ3) is 7.79. The molecule has 5 nitrogen and oxygen atoms in total. The minimum atomic E-state index is 0. The molecule has 0 saturated heterocycles. The van der Waals surface area contributed by atoms with Gasteiger partial charge in [0.25, 0.3) is 0 Å². The molecule has 0 spiro atoms. The topological polar surface area (TPSA) is 54.9 Å². The minimum absolute atomic E-state index is 0. The molecule has 0 heterocycles. The number of benzene rings is 1. The van der Waals surface area contributed by atoms with E-state index in [0.29, 0.717) is 13.1 Å². The number of aliphatic imine (C=N–C) groups is 1. The number of hydrogen-bond donors (Lipinski definition) is 2. The number of halogens is 1. The fraction of sp³-hybridized carbons (Fsp3) is 0.400. The summed E-state index contributed by atoms with van der Waals surface area (Å²) in [6, 6.07) is 7.53. The monoisotopic (exact) mass is 405 g/mol. The third-order valence-corrected chi connectivity index (χ3v) is 2.59. The predicted molar refractivity (Wildman–Crippen MR) is 98.1 cm³/mol. The van der Waals surface area contributed by atoms with Gasteiger partial charge in [0.1, 0.15) is 17.6 Å². The quantitative estimate of drug-likeness (QED) is 0.317. The minimum Gasteiger partial charge on any atom is -0.497 e. The Kier molecular flexibility index (Phi) is 10.5. The molecule has 1 unspecified atom stereocenters. The molecule has 0 amide bonds. The van der Waals surface area contributed by atoms with Gasteiger partial charge in [-0.2, -0.15) is 0 Å². The van der Waals surface area contributed by atoms with E-state index in [-0.39, 0.29) is 30.1 Å². The van der Waals surface area contributed by atoms with Crippen molar-refractivity contribution in [3.8, 4) is 11.5 Å². The predicted octanol–water partition coefficient (Wildman–Crippen LogP) is 2.43. The summed E-state index contributed by atoms with van der Waals surface area (Å²) in [4.78, 5) is 4.10. The Morgan fingerprint density at radius 1 is 1.29 bits per heavy atom. The van der Waals surface area contributed by atoms with Gasteiger partial charge in [-0.05, 0) is 31.2 Å². The maximum atomic E-state index is 5.79. The van der Waals surface area contributed by atoms with E-state index in [4.69, 9.17) is 9.47 Å². The van der Waals surface area contributed by atoms with Gasteiger partial charge >= 0.3 is 0 Å². The molecule has 2 N–H and O–H groups in total. The highest BCUT2D eigenvalue weighted by molar-refractivity contribution is 14.0. The second kappa shape index (κ2) is 11.2. The van der Waals surface area contributed by atoms with Crippen molar-refractivity contribution in [2.24, 2.45) is 4.99 Å². The fourth-order valence-electron chi connectivity index (χ4n) is 1.56. The smallest absolute Gasteiger partial charge is 0.191 e. The molecule has 1 rings (SSSR count). The SMILES string of the molecule is C=CCNC(=NC)NCC(C)Oc1ccc(OC)cc1.I. The summed E-state index contributed by atoms with van der Waals surface area (Å²) in [6.07, 6.45) is 1.80. The highest BCUT2D eigenvalue weighted by atomic mass is 127. The summed E-state index contributed by atoms with van der Waals surface area (Å²) >= 11 is 0. The second-order valence-electron chi connectivity index (χ2n) is 4.23. The average molecular weight is 405 g/mol. The number of rotatable bonds is 7. The molecule has 0 bridgehead atoms. The number of nitrogens with zero attached hydrogens (tertiary/aromatic N) is 1. The van der Waals surface area contributed by atoms with Crippen molar-refractivity contribution in [3.63, 3.8) is 0 Å². The Hall–Kier alpha value is -1.44. The molecule has 1 atom stereocenters. The van der Waals surface area contributed by atoms with E-state index in [0.717, 1.165) is 17.5 Å². The number of ether oxygens (including phenoxy) is 2. The molecular weight excluding hydrogens is 381 g/mol. The van der Waals surface area contributed by atoms with Crippen molar-refractivity contribution in [2.75, 3.05) is 27.2 Å². The molecule has 0 radical (unpaired) electrons. The van der Waals surface area contributed by atoms with Gasteiger partial charge in [-0.1, -0.05) is 6.08 Å². The summed E-state index contributed by atoms with van der Waals surface area (Å²) in [5.41, 5.74) is 0. The molecule has 21 heavy (non-hydrogen) atoms. The molecule has 0 aliphatic rings. The van der Waals surface area contributed by atoms with E-state index in [1.165, 1.54) is 0 Å². The summed E-state index contributed by atoms with van der Waals surface area (Å²) in [5, 5.41) is 6.29. The zero-order valence-electron chi connectivity index (χ0n) is 12.8. The number of guanidine groups is 1. The fourth-order valence-corrected chi connectivity index (χ4v) is 1.56. The zero-order chi connectivity index (χ0) is 14.8. The first-order valence-corrected chi connectivity index (χ1v) is 6.55. The normalized spacial score (nSPS) is 11.9. The van der Waals surface area contributed by atoms with Gasteiger partial charge in [0.2, 0.25) is 0 Å². The van der Waals surface area contributed by atoms with E-state index in [9.17, 15) is 0 Å². The van der Waals surface area contributed by atoms with Gasteiger partial charge < -0.3 is 20.1 Å².